The van der Waals surface area contributed by atoms with Crippen LogP contribution in [0.5, 0.6) is 0 Å². The van der Waals surface area contributed by atoms with Crippen LogP contribution in [0.1, 0.15) is 68.9 Å². The SMILES string of the molecule is O=C=NC1CCC(CC2CCC(N=C=O)CC2)CC1.O=C=Nc1ccc(Cc2ccc(N=C=O)cc2)cc1. The normalized spacial score (nSPS) is 22.1. The highest BCUT2D eigenvalue weighted by molar-refractivity contribution is 5.51. The van der Waals surface area contributed by atoms with Gasteiger partial charge in [-0.15, -0.1) is 0 Å². The first-order valence-electron chi connectivity index (χ1n) is 13.1. The third-order valence-electron chi connectivity index (χ3n) is 7.40. The van der Waals surface area contributed by atoms with E-state index in [1.807, 2.05) is 24.3 Å². The lowest BCUT2D eigenvalue weighted by molar-refractivity contribution is 0.226. The Morgan fingerprint density at radius 2 is 0.895 bits per heavy atom. The summed E-state index contributed by atoms with van der Waals surface area (Å²) in [6.45, 7) is 0. The zero-order valence-electron chi connectivity index (χ0n) is 21.4. The Hall–Kier alpha value is -4.04. The quantitative estimate of drug-likeness (QED) is 0.301. The third kappa shape index (κ3) is 9.78. The van der Waals surface area contributed by atoms with Gasteiger partial charge in [0.1, 0.15) is 0 Å². The van der Waals surface area contributed by atoms with Crippen LogP contribution in [0.25, 0.3) is 0 Å². The van der Waals surface area contributed by atoms with Crippen molar-refractivity contribution in [2.24, 2.45) is 31.8 Å². The maximum Gasteiger partial charge on any atom is 0.240 e. The van der Waals surface area contributed by atoms with Crippen LogP contribution >= 0.6 is 0 Å². The Labute approximate surface area is 222 Å². The number of aliphatic imine (C=N–C) groups is 4. The van der Waals surface area contributed by atoms with Gasteiger partial charge in [0.15, 0.2) is 0 Å². The molecule has 2 aromatic rings. The Balaban J connectivity index is 0.000000211. The fourth-order valence-corrected chi connectivity index (χ4v) is 5.36. The number of carbonyl (C=O) groups excluding carboxylic acids is 4. The summed E-state index contributed by atoms with van der Waals surface area (Å²) in [7, 11) is 0. The Bertz CT molecular complexity index is 1110. The number of rotatable bonds is 8. The second-order valence-corrected chi connectivity index (χ2v) is 9.94. The van der Waals surface area contributed by atoms with E-state index in [2.05, 4.69) is 20.0 Å². The van der Waals surface area contributed by atoms with Crippen molar-refractivity contribution >= 4 is 35.7 Å². The summed E-state index contributed by atoms with van der Waals surface area (Å²) in [5, 5.41) is 0. The molecule has 0 amide bonds. The molecule has 38 heavy (non-hydrogen) atoms. The van der Waals surface area contributed by atoms with Crippen LogP contribution in [-0.2, 0) is 25.6 Å². The predicted molar refractivity (Wildman–Crippen MR) is 144 cm³/mol. The Morgan fingerprint density at radius 1 is 0.526 bits per heavy atom. The predicted octanol–water partition coefficient (Wildman–Crippen LogP) is 6.38. The van der Waals surface area contributed by atoms with Gasteiger partial charge in [-0.2, -0.15) is 9.98 Å². The van der Waals surface area contributed by atoms with E-state index in [1.165, 1.54) is 44.3 Å². The highest BCUT2D eigenvalue weighted by atomic mass is 16.1. The summed E-state index contributed by atoms with van der Waals surface area (Å²) < 4.78 is 0. The lowest BCUT2D eigenvalue weighted by Gasteiger charge is -2.31. The van der Waals surface area contributed by atoms with Gasteiger partial charge in [-0.25, -0.2) is 29.2 Å². The fraction of sp³-hybridized carbons (Fsp3) is 0.467. The van der Waals surface area contributed by atoms with E-state index >= 15 is 0 Å². The second kappa shape index (κ2) is 15.9. The van der Waals surface area contributed by atoms with Crippen molar-refractivity contribution in [1.29, 1.82) is 0 Å². The second-order valence-electron chi connectivity index (χ2n) is 9.94. The summed E-state index contributed by atoms with van der Waals surface area (Å²) >= 11 is 0. The molecule has 0 spiro atoms. The molecule has 2 aliphatic carbocycles. The molecular formula is C30H32N4O4. The van der Waals surface area contributed by atoms with E-state index < -0.39 is 0 Å². The number of isocyanates is 4. The van der Waals surface area contributed by atoms with E-state index in [0.29, 0.717) is 11.4 Å². The van der Waals surface area contributed by atoms with Gasteiger partial charge >= 0.3 is 0 Å². The summed E-state index contributed by atoms with van der Waals surface area (Å²) in [5.41, 5.74) is 3.40. The Kier molecular flexibility index (Phi) is 12.0. The minimum atomic E-state index is 0.228. The maximum absolute atomic E-state index is 10.2. The van der Waals surface area contributed by atoms with Crippen LogP contribution in [0.3, 0.4) is 0 Å². The molecule has 196 valence electrons. The average Bonchev–Trinajstić information content (AvgIpc) is 2.94. The molecule has 0 aliphatic heterocycles. The maximum atomic E-state index is 10.2. The van der Waals surface area contributed by atoms with Crippen LogP contribution in [-0.4, -0.2) is 36.4 Å². The Morgan fingerprint density at radius 3 is 1.21 bits per heavy atom. The largest absolute Gasteiger partial charge is 0.240 e. The first-order chi connectivity index (χ1) is 18.6. The van der Waals surface area contributed by atoms with Crippen molar-refractivity contribution in [1.82, 2.24) is 0 Å². The van der Waals surface area contributed by atoms with Crippen molar-refractivity contribution in [3.63, 3.8) is 0 Å². The summed E-state index contributed by atoms with van der Waals surface area (Å²) in [5.74, 6) is 1.60. The van der Waals surface area contributed by atoms with Crippen LogP contribution in [0.4, 0.5) is 11.4 Å². The number of hydrogen-bond acceptors (Lipinski definition) is 8. The van der Waals surface area contributed by atoms with Gasteiger partial charge in [0.25, 0.3) is 0 Å². The average molecular weight is 513 g/mol. The molecule has 0 unspecified atom stereocenters. The molecule has 2 aromatic carbocycles. The van der Waals surface area contributed by atoms with Crippen LogP contribution < -0.4 is 0 Å². The molecule has 0 radical (unpaired) electrons. The number of nitrogens with zero attached hydrogens (tertiary/aromatic N) is 4. The van der Waals surface area contributed by atoms with Gasteiger partial charge in [-0.05, 0) is 111 Å². The summed E-state index contributed by atoms with van der Waals surface area (Å²) in [6.07, 6.45) is 17.4. The topological polar surface area (TPSA) is 118 Å². The van der Waals surface area contributed by atoms with E-state index in [1.54, 1.807) is 36.4 Å². The number of benzene rings is 2. The smallest absolute Gasteiger partial charge is 0.211 e. The molecule has 8 heteroatoms. The van der Waals surface area contributed by atoms with Crippen molar-refractivity contribution in [2.75, 3.05) is 0 Å². The zero-order chi connectivity index (χ0) is 27.0. The first kappa shape index (κ1) is 28.5. The molecule has 0 bridgehead atoms. The van der Waals surface area contributed by atoms with Crippen LogP contribution in [0.2, 0.25) is 0 Å². The molecule has 2 fully saturated rings. The molecule has 0 N–H and O–H groups in total. The van der Waals surface area contributed by atoms with Crippen molar-refractivity contribution in [2.45, 2.75) is 76.3 Å². The van der Waals surface area contributed by atoms with Gasteiger partial charge in [-0.1, -0.05) is 24.3 Å². The number of hydrogen-bond donors (Lipinski definition) is 0. The lowest BCUT2D eigenvalue weighted by Crippen LogP contribution is -2.23. The highest BCUT2D eigenvalue weighted by Crippen LogP contribution is 2.36. The van der Waals surface area contributed by atoms with Crippen LogP contribution in [0, 0.1) is 11.8 Å². The van der Waals surface area contributed by atoms with Gasteiger partial charge in [0.2, 0.25) is 24.3 Å². The monoisotopic (exact) mass is 512 g/mol. The summed E-state index contributed by atoms with van der Waals surface area (Å²) in [4.78, 5) is 55.4. The lowest BCUT2D eigenvalue weighted by atomic mass is 9.76. The van der Waals surface area contributed by atoms with E-state index in [9.17, 15) is 19.2 Å². The van der Waals surface area contributed by atoms with Gasteiger partial charge in [0, 0.05) is 0 Å². The molecule has 2 saturated carbocycles. The van der Waals surface area contributed by atoms with E-state index in [-0.39, 0.29) is 12.1 Å². The van der Waals surface area contributed by atoms with Crippen molar-refractivity contribution < 1.29 is 19.2 Å². The molecule has 8 nitrogen and oxygen atoms in total. The molecule has 4 rings (SSSR count). The van der Waals surface area contributed by atoms with Crippen molar-refractivity contribution in [3.8, 4) is 0 Å². The van der Waals surface area contributed by atoms with E-state index in [4.69, 9.17) is 0 Å². The molecular weight excluding hydrogens is 480 g/mol. The minimum Gasteiger partial charge on any atom is -0.211 e. The van der Waals surface area contributed by atoms with Crippen LogP contribution in [0.15, 0.2) is 68.5 Å². The van der Waals surface area contributed by atoms with Gasteiger partial charge in [0.05, 0.1) is 23.5 Å². The fourth-order valence-electron chi connectivity index (χ4n) is 5.36. The molecule has 0 heterocycles. The highest BCUT2D eigenvalue weighted by Gasteiger charge is 2.26. The first-order valence-corrected chi connectivity index (χ1v) is 13.1. The van der Waals surface area contributed by atoms with Gasteiger partial charge < -0.3 is 0 Å². The van der Waals surface area contributed by atoms with Gasteiger partial charge in [-0.3, -0.25) is 0 Å². The molecule has 0 aromatic heterocycles. The third-order valence-corrected chi connectivity index (χ3v) is 7.40. The van der Waals surface area contributed by atoms with E-state index in [0.717, 1.165) is 55.1 Å². The molecule has 2 aliphatic rings. The van der Waals surface area contributed by atoms with Crippen molar-refractivity contribution in [3.05, 3.63) is 59.7 Å². The minimum absolute atomic E-state index is 0.228. The molecule has 0 atom stereocenters. The molecule has 0 saturated heterocycles. The standard InChI is InChI=1S/C15H22N2O2.C15H10N2O2/c2*18-10-16-14-5-1-12(2-6-14)9-13-3-7-15(8-4-13)17-11-19/h12-15H,1-9H2;1-8H,9H2. The summed E-state index contributed by atoms with van der Waals surface area (Å²) in [6, 6.07) is 15.2. The zero-order valence-corrected chi connectivity index (χ0v) is 21.4.